The number of rotatable bonds is 3. The summed E-state index contributed by atoms with van der Waals surface area (Å²) in [7, 11) is 0. The molecule has 1 atom stereocenters. The number of benzene rings is 1. The molecule has 2 heterocycles. The van der Waals surface area contributed by atoms with Crippen LogP contribution in [0.25, 0.3) is 0 Å². The zero-order valence-electron chi connectivity index (χ0n) is 12.6. The number of ether oxygens (including phenoxy) is 1. The SMILES string of the molecule is Cc1cccc(O[C@H]2CCN(C(=O)c3ccc(F)c(F)c3)C2)n1. The lowest BCUT2D eigenvalue weighted by Gasteiger charge is -2.17. The first kappa shape index (κ1) is 15.4. The lowest BCUT2D eigenvalue weighted by atomic mass is 10.2. The zero-order chi connectivity index (χ0) is 16.4. The highest BCUT2D eigenvalue weighted by Gasteiger charge is 2.29. The van der Waals surface area contributed by atoms with Crippen molar-refractivity contribution in [3.8, 4) is 5.88 Å². The van der Waals surface area contributed by atoms with Crippen LogP contribution in [0.15, 0.2) is 36.4 Å². The minimum Gasteiger partial charge on any atom is -0.472 e. The van der Waals surface area contributed by atoms with Gasteiger partial charge in [0, 0.05) is 30.3 Å². The van der Waals surface area contributed by atoms with E-state index in [2.05, 4.69) is 4.98 Å². The standard InChI is InChI=1S/C17H16F2N2O2/c1-11-3-2-4-16(20-11)23-13-7-8-21(10-13)17(22)12-5-6-14(18)15(19)9-12/h2-6,9,13H,7-8,10H2,1H3/t13-/m0/s1. The molecule has 0 N–H and O–H groups in total. The normalized spacial score (nSPS) is 17.3. The van der Waals surface area contributed by atoms with E-state index in [4.69, 9.17) is 4.74 Å². The predicted octanol–water partition coefficient (Wildman–Crippen LogP) is 2.96. The van der Waals surface area contributed by atoms with Crippen LogP contribution >= 0.6 is 0 Å². The summed E-state index contributed by atoms with van der Waals surface area (Å²) in [5.41, 5.74) is 0.994. The molecule has 1 aliphatic heterocycles. The number of carbonyl (C=O) groups excluding carboxylic acids is 1. The summed E-state index contributed by atoms with van der Waals surface area (Å²) in [6.07, 6.45) is 0.518. The van der Waals surface area contributed by atoms with Gasteiger partial charge in [-0.05, 0) is 31.2 Å². The van der Waals surface area contributed by atoms with Crippen molar-refractivity contribution < 1.29 is 18.3 Å². The molecule has 0 unspecified atom stereocenters. The second-order valence-electron chi connectivity index (χ2n) is 5.53. The van der Waals surface area contributed by atoms with Crippen molar-refractivity contribution in [2.45, 2.75) is 19.4 Å². The number of amides is 1. The molecule has 1 aromatic heterocycles. The maximum atomic E-state index is 13.2. The van der Waals surface area contributed by atoms with Crippen LogP contribution in [0.1, 0.15) is 22.5 Å². The summed E-state index contributed by atoms with van der Waals surface area (Å²) in [4.78, 5) is 18.2. The lowest BCUT2D eigenvalue weighted by molar-refractivity contribution is 0.0770. The van der Waals surface area contributed by atoms with Gasteiger partial charge in [0.05, 0.1) is 6.54 Å². The van der Waals surface area contributed by atoms with Crippen LogP contribution in [0.5, 0.6) is 5.88 Å². The van der Waals surface area contributed by atoms with Crippen LogP contribution in [0.4, 0.5) is 8.78 Å². The highest BCUT2D eigenvalue weighted by Crippen LogP contribution is 2.19. The molecule has 0 bridgehead atoms. The van der Waals surface area contributed by atoms with E-state index in [1.165, 1.54) is 6.07 Å². The number of nitrogens with zero attached hydrogens (tertiary/aromatic N) is 2. The maximum Gasteiger partial charge on any atom is 0.254 e. The molecule has 6 heteroatoms. The monoisotopic (exact) mass is 318 g/mol. The second-order valence-corrected chi connectivity index (χ2v) is 5.53. The van der Waals surface area contributed by atoms with E-state index in [1.54, 1.807) is 11.0 Å². The third kappa shape index (κ3) is 3.47. The summed E-state index contributed by atoms with van der Waals surface area (Å²) < 4.78 is 32.0. The molecular weight excluding hydrogens is 302 g/mol. The van der Waals surface area contributed by atoms with Crippen LogP contribution in [0.3, 0.4) is 0 Å². The van der Waals surface area contributed by atoms with Gasteiger partial charge in [-0.15, -0.1) is 0 Å². The summed E-state index contributed by atoms with van der Waals surface area (Å²) in [6.45, 7) is 2.78. The molecule has 0 spiro atoms. The Kier molecular flexibility index (Phi) is 4.23. The van der Waals surface area contributed by atoms with Gasteiger partial charge in [0.1, 0.15) is 6.10 Å². The molecule has 2 aromatic rings. The third-order valence-corrected chi connectivity index (χ3v) is 3.75. The molecular formula is C17H16F2N2O2. The van der Waals surface area contributed by atoms with Gasteiger partial charge in [0.2, 0.25) is 5.88 Å². The van der Waals surface area contributed by atoms with E-state index in [-0.39, 0.29) is 17.6 Å². The lowest BCUT2D eigenvalue weighted by Crippen LogP contribution is -2.31. The van der Waals surface area contributed by atoms with Gasteiger partial charge in [-0.1, -0.05) is 6.07 Å². The average molecular weight is 318 g/mol. The molecule has 0 saturated carbocycles. The number of carbonyl (C=O) groups is 1. The van der Waals surface area contributed by atoms with Crippen molar-refractivity contribution in [2.24, 2.45) is 0 Å². The van der Waals surface area contributed by atoms with E-state index in [0.717, 1.165) is 17.8 Å². The summed E-state index contributed by atoms with van der Waals surface area (Å²) in [5, 5.41) is 0. The summed E-state index contributed by atoms with van der Waals surface area (Å²) in [6, 6.07) is 8.68. The van der Waals surface area contributed by atoms with Crippen molar-refractivity contribution in [3.05, 3.63) is 59.3 Å². The van der Waals surface area contributed by atoms with Crippen molar-refractivity contribution in [1.82, 2.24) is 9.88 Å². The fraction of sp³-hybridized carbons (Fsp3) is 0.294. The number of hydrogen-bond donors (Lipinski definition) is 0. The smallest absolute Gasteiger partial charge is 0.254 e. The van der Waals surface area contributed by atoms with Gasteiger partial charge in [-0.2, -0.15) is 0 Å². The fourth-order valence-corrected chi connectivity index (χ4v) is 2.58. The van der Waals surface area contributed by atoms with Gasteiger partial charge in [-0.3, -0.25) is 4.79 Å². The Morgan fingerprint density at radius 2 is 2.09 bits per heavy atom. The predicted molar refractivity (Wildman–Crippen MR) is 80.3 cm³/mol. The summed E-state index contributed by atoms with van der Waals surface area (Å²) >= 11 is 0. The largest absolute Gasteiger partial charge is 0.472 e. The Hall–Kier alpha value is -2.50. The topological polar surface area (TPSA) is 42.4 Å². The van der Waals surface area contributed by atoms with E-state index < -0.39 is 11.6 Å². The van der Waals surface area contributed by atoms with E-state index >= 15 is 0 Å². The molecule has 0 aliphatic carbocycles. The van der Waals surface area contributed by atoms with Crippen LogP contribution in [0.2, 0.25) is 0 Å². The van der Waals surface area contributed by atoms with Gasteiger partial charge in [0.25, 0.3) is 5.91 Å². The van der Waals surface area contributed by atoms with E-state index in [9.17, 15) is 13.6 Å². The molecule has 1 aromatic carbocycles. The first-order valence-electron chi connectivity index (χ1n) is 7.37. The number of pyridine rings is 1. The Labute approximate surface area is 132 Å². The number of hydrogen-bond acceptors (Lipinski definition) is 3. The van der Waals surface area contributed by atoms with Crippen LogP contribution in [-0.4, -0.2) is 35.0 Å². The molecule has 1 saturated heterocycles. The molecule has 4 nitrogen and oxygen atoms in total. The number of likely N-dealkylation sites (tertiary alicyclic amines) is 1. The van der Waals surface area contributed by atoms with E-state index in [0.29, 0.717) is 25.4 Å². The number of aryl methyl sites for hydroxylation is 1. The first-order valence-corrected chi connectivity index (χ1v) is 7.37. The molecule has 3 rings (SSSR count). The van der Waals surface area contributed by atoms with Crippen molar-refractivity contribution >= 4 is 5.91 Å². The van der Waals surface area contributed by atoms with Crippen LogP contribution < -0.4 is 4.74 Å². The highest BCUT2D eigenvalue weighted by molar-refractivity contribution is 5.94. The highest BCUT2D eigenvalue weighted by atomic mass is 19.2. The van der Waals surface area contributed by atoms with E-state index in [1.807, 2.05) is 19.1 Å². The Morgan fingerprint density at radius 3 is 2.83 bits per heavy atom. The van der Waals surface area contributed by atoms with Crippen LogP contribution in [0, 0.1) is 18.6 Å². The maximum absolute atomic E-state index is 13.2. The summed E-state index contributed by atoms with van der Waals surface area (Å²) in [5.74, 6) is -1.79. The molecule has 120 valence electrons. The third-order valence-electron chi connectivity index (χ3n) is 3.75. The molecule has 1 amide bonds. The minimum absolute atomic E-state index is 0.137. The molecule has 0 radical (unpaired) electrons. The fourth-order valence-electron chi connectivity index (χ4n) is 2.58. The van der Waals surface area contributed by atoms with Gasteiger partial charge >= 0.3 is 0 Å². The molecule has 23 heavy (non-hydrogen) atoms. The zero-order valence-corrected chi connectivity index (χ0v) is 12.6. The van der Waals surface area contributed by atoms with Crippen molar-refractivity contribution in [1.29, 1.82) is 0 Å². The van der Waals surface area contributed by atoms with Gasteiger partial charge in [0.15, 0.2) is 11.6 Å². The van der Waals surface area contributed by atoms with Gasteiger partial charge in [-0.25, -0.2) is 13.8 Å². The van der Waals surface area contributed by atoms with Crippen molar-refractivity contribution in [2.75, 3.05) is 13.1 Å². The Morgan fingerprint density at radius 1 is 1.26 bits per heavy atom. The van der Waals surface area contributed by atoms with Crippen LogP contribution in [-0.2, 0) is 0 Å². The average Bonchev–Trinajstić information content (AvgIpc) is 2.98. The Balaban J connectivity index is 1.64. The molecule has 1 aliphatic rings. The second kappa shape index (κ2) is 6.32. The number of halogens is 2. The Bertz CT molecular complexity index is 736. The number of aromatic nitrogens is 1. The minimum atomic E-state index is -1.02. The van der Waals surface area contributed by atoms with Crippen molar-refractivity contribution in [3.63, 3.8) is 0 Å². The van der Waals surface area contributed by atoms with Gasteiger partial charge < -0.3 is 9.64 Å². The quantitative estimate of drug-likeness (QED) is 0.874. The molecule has 1 fully saturated rings. The first-order chi connectivity index (χ1) is 11.0.